The summed E-state index contributed by atoms with van der Waals surface area (Å²) in [5.74, 6) is 0.483. The monoisotopic (exact) mass is 334 g/mol. The normalized spacial score (nSPS) is 10.9. The molecule has 3 rings (SSSR count). The molecular formula is C14H12BrFN4. The molecule has 102 valence electrons. The number of nitrogens with zero attached hydrogens (tertiary/aromatic N) is 4. The Labute approximate surface area is 124 Å². The van der Waals surface area contributed by atoms with E-state index in [9.17, 15) is 4.39 Å². The second-order valence-electron chi connectivity index (χ2n) is 4.27. The van der Waals surface area contributed by atoms with Crippen LogP contribution in [0.5, 0.6) is 0 Å². The van der Waals surface area contributed by atoms with Gasteiger partial charge in [0.25, 0.3) is 0 Å². The average molecular weight is 335 g/mol. The molecule has 0 saturated carbocycles. The van der Waals surface area contributed by atoms with E-state index in [-0.39, 0.29) is 5.82 Å². The van der Waals surface area contributed by atoms with Gasteiger partial charge in [0.2, 0.25) is 0 Å². The molecule has 0 bridgehead atoms. The second-order valence-corrected chi connectivity index (χ2v) is 5.08. The van der Waals surface area contributed by atoms with Gasteiger partial charge in [0.05, 0.1) is 0 Å². The van der Waals surface area contributed by atoms with Crippen molar-refractivity contribution in [1.29, 1.82) is 0 Å². The molecule has 0 saturated heterocycles. The van der Waals surface area contributed by atoms with Gasteiger partial charge in [0, 0.05) is 30.8 Å². The van der Waals surface area contributed by atoms with Gasteiger partial charge in [0.15, 0.2) is 11.5 Å². The molecular weight excluding hydrogens is 323 g/mol. The summed E-state index contributed by atoms with van der Waals surface area (Å²) in [6, 6.07) is 6.36. The maximum Gasteiger partial charge on any atom is 0.180 e. The molecule has 2 heterocycles. The van der Waals surface area contributed by atoms with Gasteiger partial charge < -0.3 is 9.30 Å². The number of rotatable bonds is 3. The van der Waals surface area contributed by atoms with E-state index in [1.807, 2.05) is 28.6 Å². The van der Waals surface area contributed by atoms with Crippen molar-refractivity contribution in [3.8, 4) is 0 Å². The highest BCUT2D eigenvalue weighted by molar-refractivity contribution is 9.10. The van der Waals surface area contributed by atoms with Crippen LogP contribution in [0.15, 0.2) is 47.5 Å². The van der Waals surface area contributed by atoms with E-state index in [0.717, 1.165) is 21.8 Å². The van der Waals surface area contributed by atoms with Gasteiger partial charge in [-0.3, -0.25) is 0 Å². The lowest BCUT2D eigenvalue weighted by molar-refractivity contribution is 0.628. The lowest BCUT2D eigenvalue weighted by atomic mass is 10.2. The number of halogens is 2. The van der Waals surface area contributed by atoms with E-state index in [1.165, 1.54) is 12.1 Å². The molecule has 20 heavy (non-hydrogen) atoms. The van der Waals surface area contributed by atoms with Gasteiger partial charge >= 0.3 is 0 Å². The molecule has 0 aliphatic rings. The van der Waals surface area contributed by atoms with Crippen LogP contribution in [0.4, 0.5) is 15.9 Å². The highest BCUT2D eigenvalue weighted by Crippen LogP contribution is 2.28. The zero-order chi connectivity index (χ0) is 14.1. The molecule has 1 aromatic carbocycles. The summed E-state index contributed by atoms with van der Waals surface area (Å²) in [6.07, 6.45) is 5.44. The van der Waals surface area contributed by atoms with Crippen LogP contribution in [0, 0.1) is 5.82 Å². The number of hydrogen-bond donors (Lipinski definition) is 0. The first-order valence-corrected chi connectivity index (χ1v) is 7.00. The average Bonchev–Trinajstić information content (AvgIpc) is 2.89. The molecule has 0 amide bonds. The van der Waals surface area contributed by atoms with Gasteiger partial charge in [-0.15, -0.1) is 0 Å². The van der Waals surface area contributed by atoms with E-state index in [4.69, 9.17) is 0 Å². The third kappa shape index (κ3) is 2.27. The van der Waals surface area contributed by atoms with Gasteiger partial charge in [0.1, 0.15) is 10.4 Å². The lowest BCUT2D eigenvalue weighted by Gasteiger charge is -2.22. The first-order chi connectivity index (χ1) is 9.69. The van der Waals surface area contributed by atoms with Gasteiger partial charge in [-0.1, -0.05) is 0 Å². The Morgan fingerprint density at radius 3 is 2.75 bits per heavy atom. The van der Waals surface area contributed by atoms with E-state index >= 15 is 0 Å². The Morgan fingerprint density at radius 1 is 1.30 bits per heavy atom. The smallest absolute Gasteiger partial charge is 0.180 e. The lowest BCUT2D eigenvalue weighted by Crippen LogP contribution is -2.18. The largest absolute Gasteiger partial charge is 0.324 e. The molecule has 0 radical (unpaired) electrons. The third-order valence-corrected chi connectivity index (χ3v) is 3.42. The first kappa shape index (κ1) is 13.1. The fraction of sp³-hybridized carbons (Fsp3) is 0.143. The predicted molar refractivity (Wildman–Crippen MR) is 79.8 cm³/mol. The zero-order valence-corrected chi connectivity index (χ0v) is 12.4. The van der Waals surface area contributed by atoms with Crippen LogP contribution >= 0.6 is 15.9 Å². The highest BCUT2D eigenvalue weighted by atomic mass is 79.9. The topological polar surface area (TPSA) is 33.4 Å². The Kier molecular flexibility index (Phi) is 3.40. The fourth-order valence-corrected chi connectivity index (χ4v) is 2.53. The minimum Gasteiger partial charge on any atom is -0.324 e. The summed E-state index contributed by atoms with van der Waals surface area (Å²) in [5.41, 5.74) is 1.64. The number of hydrogen-bond acceptors (Lipinski definition) is 3. The Bertz CT molecular complexity index is 739. The van der Waals surface area contributed by atoms with E-state index in [1.54, 1.807) is 18.3 Å². The summed E-state index contributed by atoms with van der Waals surface area (Å²) in [6.45, 7) is 2.73. The number of benzene rings is 1. The molecule has 6 heteroatoms. The van der Waals surface area contributed by atoms with Crippen molar-refractivity contribution in [2.24, 2.45) is 0 Å². The maximum absolute atomic E-state index is 13.1. The fourth-order valence-electron chi connectivity index (χ4n) is 2.14. The minimum absolute atomic E-state index is 0.252. The summed E-state index contributed by atoms with van der Waals surface area (Å²) in [7, 11) is 0. The summed E-state index contributed by atoms with van der Waals surface area (Å²) in [5, 5.41) is 0. The molecule has 0 fully saturated rings. The van der Waals surface area contributed by atoms with Crippen molar-refractivity contribution >= 4 is 33.1 Å². The molecule has 0 atom stereocenters. The number of anilines is 2. The number of imidazole rings is 1. The Balaban J connectivity index is 2.16. The van der Waals surface area contributed by atoms with Crippen molar-refractivity contribution in [2.75, 3.05) is 11.4 Å². The quantitative estimate of drug-likeness (QED) is 0.730. The minimum atomic E-state index is -0.252. The van der Waals surface area contributed by atoms with Crippen LogP contribution < -0.4 is 4.90 Å². The molecule has 0 aliphatic carbocycles. The molecule has 0 unspecified atom stereocenters. The van der Waals surface area contributed by atoms with Gasteiger partial charge in [-0.2, -0.15) is 0 Å². The van der Waals surface area contributed by atoms with Crippen molar-refractivity contribution in [3.63, 3.8) is 0 Å². The zero-order valence-electron chi connectivity index (χ0n) is 10.8. The summed E-state index contributed by atoms with van der Waals surface area (Å²) >= 11 is 3.40. The van der Waals surface area contributed by atoms with E-state index < -0.39 is 0 Å². The highest BCUT2D eigenvalue weighted by Gasteiger charge is 2.15. The summed E-state index contributed by atoms with van der Waals surface area (Å²) < 4.78 is 15.7. The SMILES string of the molecule is CCN(c1ccc(F)cc1)c1nc(Br)cn2ccnc12. The molecule has 4 nitrogen and oxygen atoms in total. The molecule has 0 aliphatic heterocycles. The standard InChI is InChI=1S/C14H12BrFN4/c1-2-20(11-5-3-10(16)4-6-11)14-13-17-7-8-19(13)9-12(15)18-14/h3-9H,2H2,1H3. The molecule has 0 spiro atoms. The van der Waals surface area contributed by atoms with Crippen molar-refractivity contribution in [3.05, 3.63) is 53.3 Å². The van der Waals surface area contributed by atoms with Gasteiger partial charge in [-0.25, -0.2) is 14.4 Å². The van der Waals surface area contributed by atoms with E-state index in [0.29, 0.717) is 6.54 Å². The van der Waals surface area contributed by atoms with Crippen molar-refractivity contribution in [1.82, 2.24) is 14.4 Å². The summed E-state index contributed by atoms with van der Waals surface area (Å²) in [4.78, 5) is 10.8. The third-order valence-electron chi connectivity index (χ3n) is 3.04. The van der Waals surface area contributed by atoms with E-state index in [2.05, 4.69) is 25.9 Å². The first-order valence-electron chi connectivity index (χ1n) is 6.21. The molecule has 0 N–H and O–H groups in total. The Morgan fingerprint density at radius 2 is 2.05 bits per heavy atom. The van der Waals surface area contributed by atoms with Crippen LogP contribution in [0.25, 0.3) is 5.65 Å². The van der Waals surface area contributed by atoms with Crippen molar-refractivity contribution in [2.45, 2.75) is 6.92 Å². The predicted octanol–water partition coefficient (Wildman–Crippen LogP) is 3.79. The maximum atomic E-state index is 13.1. The number of aromatic nitrogens is 3. The Hall–Kier alpha value is -1.95. The van der Waals surface area contributed by atoms with Crippen molar-refractivity contribution < 1.29 is 4.39 Å². The van der Waals surface area contributed by atoms with Crippen LogP contribution in [-0.2, 0) is 0 Å². The second kappa shape index (κ2) is 5.20. The van der Waals surface area contributed by atoms with Crippen LogP contribution in [0.2, 0.25) is 0 Å². The molecule has 2 aromatic heterocycles. The van der Waals surface area contributed by atoms with Crippen LogP contribution in [-0.4, -0.2) is 20.9 Å². The molecule has 3 aromatic rings. The van der Waals surface area contributed by atoms with Crippen LogP contribution in [0.3, 0.4) is 0 Å². The van der Waals surface area contributed by atoms with Gasteiger partial charge in [-0.05, 0) is 47.1 Å². The van der Waals surface area contributed by atoms with Crippen LogP contribution in [0.1, 0.15) is 6.92 Å². The number of fused-ring (bicyclic) bond motifs is 1.